The molecule has 0 spiro atoms. The topological polar surface area (TPSA) is 58.6 Å². The van der Waals surface area contributed by atoms with Crippen LogP contribution in [0.3, 0.4) is 0 Å². The number of halogens is 2. The molecule has 7 heteroatoms. The molecule has 114 valence electrons. The Kier molecular flexibility index (Phi) is 5.61. The van der Waals surface area contributed by atoms with Gasteiger partial charge in [0, 0.05) is 22.6 Å². The van der Waals surface area contributed by atoms with Crippen molar-refractivity contribution in [3.05, 3.63) is 33.3 Å². The Morgan fingerprint density at radius 2 is 2.05 bits per heavy atom. The van der Waals surface area contributed by atoms with Crippen molar-refractivity contribution >= 4 is 39.3 Å². The van der Waals surface area contributed by atoms with Crippen molar-refractivity contribution in [2.24, 2.45) is 0 Å². The summed E-state index contributed by atoms with van der Waals surface area (Å²) in [5.74, 6) is -0.413. The first-order valence-electron chi connectivity index (χ1n) is 6.61. The molecule has 1 heterocycles. The predicted molar refractivity (Wildman–Crippen MR) is 83.5 cm³/mol. The van der Waals surface area contributed by atoms with E-state index in [0.717, 1.165) is 0 Å². The van der Waals surface area contributed by atoms with Gasteiger partial charge >= 0.3 is 0 Å². The first-order valence-corrected chi connectivity index (χ1v) is 7.78. The van der Waals surface area contributed by atoms with Crippen LogP contribution in [0.5, 0.6) is 0 Å². The maximum absolute atomic E-state index is 12.2. The van der Waals surface area contributed by atoms with E-state index >= 15 is 0 Å². The second-order valence-corrected chi connectivity index (χ2v) is 6.05. The average Bonchev–Trinajstić information content (AvgIpc) is 2.47. The highest BCUT2D eigenvalue weighted by Gasteiger charge is 2.24. The third kappa shape index (κ3) is 4.18. The van der Waals surface area contributed by atoms with Gasteiger partial charge < -0.3 is 15.0 Å². The van der Waals surface area contributed by atoms with E-state index < -0.39 is 6.04 Å². The first-order chi connectivity index (χ1) is 9.99. The number of nitrogens with one attached hydrogen (secondary N) is 1. The van der Waals surface area contributed by atoms with Crippen molar-refractivity contribution in [3.63, 3.8) is 0 Å². The zero-order valence-corrected chi connectivity index (χ0v) is 13.9. The summed E-state index contributed by atoms with van der Waals surface area (Å²) in [7, 11) is 0. The van der Waals surface area contributed by atoms with Crippen molar-refractivity contribution in [3.8, 4) is 0 Å². The fourth-order valence-corrected chi connectivity index (χ4v) is 2.93. The van der Waals surface area contributed by atoms with Crippen molar-refractivity contribution < 1.29 is 14.3 Å². The lowest BCUT2D eigenvalue weighted by Gasteiger charge is -2.29. The summed E-state index contributed by atoms with van der Waals surface area (Å²) in [6, 6.07) is 4.31. The molecular weight excluding hydrogens is 360 g/mol. The largest absolute Gasteiger partial charge is 0.378 e. The van der Waals surface area contributed by atoms with Gasteiger partial charge in [-0.3, -0.25) is 9.59 Å². The zero-order valence-electron chi connectivity index (χ0n) is 11.6. The summed E-state index contributed by atoms with van der Waals surface area (Å²) >= 11 is 9.14. The van der Waals surface area contributed by atoms with Crippen LogP contribution in [-0.2, 0) is 9.53 Å². The number of rotatable bonds is 3. The molecule has 0 aromatic heterocycles. The Morgan fingerprint density at radius 1 is 1.38 bits per heavy atom. The summed E-state index contributed by atoms with van der Waals surface area (Å²) in [4.78, 5) is 26.1. The third-order valence-electron chi connectivity index (χ3n) is 3.22. The molecule has 5 nitrogen and oxygen atoms in total. The molecule has 0 aliphatic carbocycles. The highest BCUT2D eigenvalue weighted by molar-refractivity contribution is 9.10. The lowest BCUT2D eigenvalue weighted by molar-refractivity contribution is -0.136. The first kappa shape index (κ1) is 16.3. The summed E-state index contributed by atoms with van der Waals surface area (Å²) in [6.07, 6.45) is 0. The molecule has 0 bridgehead atoms. The van der Waals surface area contributed by atoms with E-state index in [4.69, 9.17) is 16.3 Å². The number of carbonyl (C=O) groups excluding carboxylic acids is 2. The predicted octanol–water partition coefficient (Wildman–Crippen LogP) is 2.08. The summed E-state index contributed by atoms with van der Waals surface area (Å²) < 4.78 is 5.80. The van der Waals surface area contributed by atoms with Crippen molar-refractivity contribution in [1.82, 2.24) is 10.2 Å². The quantitative estimate of drug-likeness (QED) is 0.880. The van der Waals surface area contributed by atoms with Crippen LogP contribution in [0, 0.1) is 0 Å². The summed E-state index contributed by atoms with van der Waals surface area (Å²) in [5, 5.41) is 3.25. The Balaban J connectivity index is 1.99. The second kappa shape index (κ2) is 7.24. The van der Waals surface area contributed by atoms with Gasteiger partial charge in [-0.05, 0) is 41.1 Å². The molecule has 1 unspecified atom stereocenters. The number of nitrogens with zero attached hydrogens (tertiary/aromatic N) is 1. The molecule has 0 saturated carbocycles. The highest BCUT2D eigenvalue weighted by atomic mass is 79.9. The molecule has 0 radical (unpaired) electrons. The van der Waals surface area contributed by atoms with Crippen LogP contribution >= 0.6 is 27.5 Å². The molecular formula is C14H16BrClN2O3. The van der Waals surface area contributed by atoms with E-state index in [1.54, 1.807) is 30.0 Å². The lowest BCUT2D eigenvalue weighted by atomic mass is 10.2. The molecule has 1 atom stereocenters. The van der Waals surface area contributed by atoms with Crippen LogP contribution in [0.25, 0.3) is 0 Å². The molecule has 1 aliphatic rings. The number of hydrogen-bond donors (Lipinski definition) is 1. The van der Waals surface area contributed by atoms with Gasteiger partial charge in [0.05, 0.1) is 18.8 Å². The van der Waals surface area contributed by atoms with E-state index in [1.807, 2.05) is 0 Å². The molecule has 1 aliphatic heterocycles. The van der Waals surface area contributed by atoms with Crippen molar-refractivity contribution in [1.29, 1.82) is 0 Å². The van der Waals surface area contributed by atoms with Gasteiger partial charge in [0.1, 0.15) is 6.04 Å². The van der Waals surface area contributed by atoms with E-state index in [-0.39, 0.29) is 11.8 Å². The van der Waals surface area contributed by atoms with Crippen LogP contribution in [-0.4, -0.2) is 49.1 Å². The minimum atomic E-state index is -0.585. The van der Waals surface area contributed by atoms with Crippen molar-refractivity contribution in [2.75, 3.05) is 26.3 Å². The maximum atomic E-state index is 12.2. The maximum Gasteiger partial charge on any atom is 0.253 e. The SMILES string of the molecule is CC(NC(=O)c1ccc(Cl)cc1Br)C(=O)N1CCOCC1. The molecule has 1 N–H and O–H groups in total. The summed E-state index contributed by atoms with van der Waals surface area (Å²) in [6.45, 7) is 3.87. The molecule has 1 aromatic carbocycles. The molecule has 2 rings (SSSR count). The minimum Gasteiger partial charge on any atom is -0.378 e. The Hall–Kier alpha value is -1.11. The number of amides is 2. The van der Waals surface area contributed by atoms with Gasteiger partial charge in [-0.2, -0.15) is 0 Å². The number of hydrogen-bond acceptors (Lipinski definition) is 3. The smallest absolute Gasteiger partial charge is 0.253 e. The standard InChI is InChI=1S/C14H16BrClN2O3/c1-9(14(20)18-4-6-21-7-5-18)17-13(19)11-3-2-10(16)8-12(11)15/h2-3,8-9H,4-7H2,1H3,(H,17,19). The van der Waals surface area contributed by atoms with Crippen LogP contribution in [0.15, 0.2) is 22.7 Å². The molecule has 21 heavy (non-hydrogen) atoms. The van der Waals surface area contributed by atoms with Gasteiger partial charge in [-0.15, -0.1) is 0 Å². The minimum absolute atomic E-state index is 0.100. The fraction of sp³-hybridized carbons (Fsp3) is 0.429. The van der Waals surface area contributed by atoms with E-state index in [1.165, 1.54) is 0 Å². The Morgan fingerprint density at radius 3 is 2.67 bits per heavy atom. The van der Waals surface area contributed by atoms with Crippen LogP contribution < -0.4 is 5.32 Å². The molecule has 1 fully saturated rings. The van der Waals surface area contributed by atoms with Gasteiger partial charge in [0.15, 0.2) is 0 Å². The number of morpholine rings is 1. The van der Waals surface area contributed by atoms with Crippen LogP contribution in [0.1, 0.15) is 17.3 Å². The van der Waals surface area contributed by atoms with Gasteiger partial charge in [-0.25, -0.2) is 0 Å². The fourth-order valence-electron chi connectivity index (χ4n) is 2.07. The van der Waals surface area contributed by atoms with Gasteiger partial charge in [0.25, 0.3) is 5.91 Å². The Labute approximate surface area is 136 Å². The van der Waals surface area contributed by atoms with E-state index in [2.05, 4.69) is 21.2 Å². The number of ether oxygens (including phenoxy) is 1. The molecule has 1 aromatic rings. The number of benzene rings is 1. The summed E-state index contributed by atoms with van der Waals surface area (Å²) in [5.41, 5.74) is 0.445. The Bertz CT molecular complexity index is 547. The number of carbonyl (C=O) groups is 2. The average molecular weight is 376 g/mol. The van der Waals surface area contributed by atoms with Crippen LogP contribution in [0.4, 0.5) is 0 Å². The molecule has 1 saturated heterocycles. The monoisotopic (exact) mass is 374 g/mol. The van der Waals surface area contributed by atoms with E-state index in [9.17, 15) is 9.59 Å². The third-order valence-corrected chi connectivity index (χ3v) is 4.11. The normalized spacial score (nSPS) is 16.4. The lowest BCUT2D eigenvalue weighted by Crippen LogP contribution is -2.50. The molecule has 2 amide bonds. The highest BCUT2D eigenvalue weighted by Crippen LogP contribution is 2.21. The van der Waals surface area contributed by atoms with Gasteiger partial charge in [-0.1, -0.05) is 11.6 Å². The van der Waals surface area contributed by atoms with Crippen molar-refractivity contribution in [2.45, 2.75) is 13.0 Å². The van der Waals surface area contributed by atoms with Gasteiger partial charge in [0.2, 0.25) is 5.91 Å². The second-order valence-electron chi connectivity index (χ2n) is 4.76. The van der Waals surface area contributed by atoms with E-state index in [0.29, 0.717) is 41.4 Å². The zero-order chi connectivity index (χ0) is 15.4. The van der Waals surface area contributed by atoms with Crippen LogP contribution in [0.2, 0.25) is 5.02 Å².